The third kappa shape index (κ3) is 4.76. The number of hydrogen-bond donors (Lipinski definition) is 0. The van der Waals surface area contributed by atoms with Crippen molar-refractivity contribution in [1.29, 1.82) is 0 Å². The first-order valence-electron chi connectivity index (χ1n) is 9.65. The molecular formula is C22H23N3O4S. The molecule has 7 nitrogen and oxygen atoms in total. The molecule has 1 aliphatic heterocycles. The maximum absolute atomic E-state index is 12.5. The maximum Gasteiger partial charge on any atom is 0.277 e. The monoisotopic (exact) mass is 425 g/mol. The molecule has 0 radical (unpaired) electrons. The number of amides is 1. The number of benzene rings is 2. The number of nitrogens with zero attached hydrogens (tertiary/aromatic N) is 3. The predicted molar refractivity (Wildman–Crippen MR) is 114 cm³/mol. The number of thioether (sulfide) groups is 1. The van der Waals surface area contributed by atoms with Crippen molar-refractivity contribution < 1.29 is 18.7 Å². The lowest BCUT2D eigenvalue weighted by Crippen LogP contribution is -2.27. The van der Waals surface area contributed by atoms with Crippen molar-refractivity contribution in [2.45, 2.75) is 25.6 Å². The summed E-state index contributed by atoms with van der Waals surface area (Å²) in [6, 6.07) is 11.8. The summed E-state index contributed by atoms with van der Waals surface area (Å²) in [5.41, 5.74) is 4.13. The smallest absolute Gasteiger partial charge is 0.277 e. The van der Waals surface area contributed by atoms with Crippen LogP contribution in [0.5, 0.6) is 11.5 Å². The van der Waals surface area contributed by atoms with E-state index in [1.165, 1.54) is 11.8 Å². The van der Waals surface area contributed by atoms with Gasteiger partial charge in [-0.2, -0.15) is 0 Å². The zero-order valence-corrected chi connectivity index (χ0v) is 18.0. The third-order valence-corrected chi connectivity index (χ3v) is 5.45. The normalized spacial score (nSPS) is 12.6. The number of aryl methyl sites for hydroxylation is 2. The Morgan fingerprint density at radius 1 is 1.03 bits per heavy atom. The van der Waals surface area contributed by atoms with E-state index in [2.05, 4.69) is 16.3 Å². The molecule has 0 fully saturated rings. The fraction of sp³-hybridized carbons (Fsp3) is 0.318. The minimum atomic E-state index is -0.0268. The molecule has 0 bridgehead atoms. The van der Waals surface area contributed by atoms with Crippen LogP contribution in [0.2, 0.25) is 0 Å². The second-order valence-corrected chi connectivity index (χ2v) is 8.19. The Bertz CT molecular complexity index is 1050. The fourth-order valence-electron chi connectivity index (χ4n) is 3.26. The molecule has 1 aliphatic rings. The number of hydrogen-bond acceptors (Lipinski definition) is 7. The first kappa shape index (κ1) is 20.3. The van der Waals surface area contributed by atoms with E-state index in [-0.39, 0.29) is 11.7 Å². The Kier molecular flexibility index (Phi) is 5.94. The fourth-order valence-corrected chi connectivity index (χ4v) is 3.97. The molecule has 156 valence electrons. The molecule has 3 aromatic rings. The second kappa shape index (κ2) is 8.79. The Hall–Kier alpha value is -3.00. The van der Waals surface area contributed by atoms with E-state index in [1.54, 1.807) is 11.9 Å². The number of carbonyl (C=O) groups is 1. The molecule has 1 amide bonds. The summed E-state index contributed by atoms with van der Waals surface area (Å²) in [6.45, 7) is 5.63. The summed E-state index contributed by atoms with van der Waals surface area (Å²) < 4.78 is 16.9. The van der Waals surface area contributed by atoms with Crippen molar-refractivity contribution in [1.82, 2.24) is 15.1 Å². The van der Waals surface area contributed by atoms with E-state index >= 15 is 0 Å². The summed E-state index contributed by atoms with van der Waals surface area (Å²) in [7, 11) is 1.77. The second-order valence-electron chi connectivity index (χ2n) is 7.27. The lowest BCUT2D eigenvalue weighted by Gasteiger charge is -2.21. The van der Waals surface area contributed by atoms with Crippen LogP contribution in [0, 0.1) is 13.8 Å². The molecule has 0 atom stereocenters. The average Bonchev–Trinajstić information content (AvgIpc) is 3.20. The van der Waals surface area contributed by atoms with E-state index in [1.807, 2.05) is 44.2 Å². The molecule has 8 heteroatoms. The number of fused-ring (bicyclic) bond motifs is 1. The molecule has 2 heterocycles. The minimum Gasteiger partial charge on any atom is -0.486 e. The van der Waals surface area contributed by atoms with Crippen molar-refractivity contribution >= 4 is 17.7 Å². The van der Waals surface area contributed by atoms with Crippen LogP contribution in [0.15, 0.2) is 46.0 Å². The van der Waals surface area contributed by atoms with Gasteiger partial charge in [-0.3, -0.25) is 4.79 Å². The van der Waals surface area contributed by atoms with Gasteiger partial charge in [0.1, 0.15) is 13.2 Å². The van der Waals surface area contributed by atoms with E-state index in [0.29, 0.717) is 30.9 Å². The number of aromatic nitrogens is 2. The van der Waals surface area contributed by atoms with Crippen LogP contribution in [0.1, 0.15) is 16.7 Å². The topological polar surface area (TPSA) is 77.7 Å². The standard InChI is InChI=1S/C22H23N3O4S/c1-14-8-15(2)10-17(9-14)21-23-24-22(29-21)30-13-20(26)25(3)12-16-4-5-18-19(11-16)28-7-6-27-18/h4-5,8-11H,6-7,12-13H2,1-3H3. The molecule has 0 spiro atoms. The van der Waals surface area contributed by atoms with Crippen LogP contribution in [0.4, 0.5) is 0 Å². The van der Waals surface area contributed by atoms with Crippen LogP contribution in [-0.2, 0) is 11.3 Å². The lowest BCUT2D eigenvalue weighted by atomic mass is 10.1. The largest absolute Gasteiger partial charge is 0.486 e. The molecular weight excluding hydrogens is 402 g/mol. The van der Waals surface area contributed by atoms with Crippen molar-refractivity contribution in [2.24, 2.45) is 0 Å². The molecule has 0 N–H and O–H groups in total. The quantitative estimate of drug-likeness (QED) is 0.555. The molecule has 0 saturated heterocycles. The van der Waals surface area contributed by atoms with Crippen LogP contribution in [0.3, 0.4) is 0 Å². The number of ether oxygens (including phenoxy) is 2. The zero-order chi connectivity index (χ0) is 21.1. The van der Waals surface area contributed by atoms with Gasteiger partial charge in [-0.25, -0.2) is 0 Å². The summed E-state index contributed by atoms with van der Waals surface area (Å²) in [4.78, 5) is 14.2. The molecule has 1 aromatic heterocycles. The number of rotatable bonds is 6. The molecule has 2 aromatic carbocycles. The summed E-state index contributed by atoms with van der Waals surface area (Å²) in [5.74, 6) is 2.11. The van der Waals surface area contributed by atoms with Crippen molar-refractivity contribution in [3.05, 3.63) is 53.1 Å². The molecule has 30 heavy (non-hydrogen) atoms. The average molecular weight is 426 g/mol. The van der Waals surface area contributed by atoms with Gasteiger partial charge in [0.25, 0.3) is 5.22 Å². The maximum atomic E-state index is 12.5. The molecule has 0 unspecified atom stereocenters. The molecule has 0 aliphatic carbocycles. The van der Waals surface area contributed by atoms with Crippen LogP contribution >= 0.6 is 11.8 Å². The molecule has 4 rings (SSSR count). The highest BCUT2D eigenvalue weighted by atomic mass is 32.2. The van der Waals surface area contributed by atoms with Crippen molar-refractivity contribution in [3.63, 3.8) is 0 Å². The van der Waals surface area contributed by atoms with Gasteiger partial charge in [-0.1, -0.05) is 35.0 Å². The van der Waals surface area contributed by atoms with Gasteiger partial charge in [-0.15, -0.1) is 10.2 Å². The SMILES string of the molecule is Cc1cc(C)cc(-c2nnc(SCC(=O)N(C)Cc3ccc4c(c3)OCCO4)o2)c1. The van der Waals surface area contributed by atoms with E-state index < -0.39 is 0 Å². The summed E-state index contributed by atoms with van der Waals surface area (Å²) in [6.07, 6.45) is 0. The minimum absolute atomic E-state index is 0.0268. The highest BCUT2D eigenvalue weighted by Crippen LogP contribution is 2.31. The van der Waals surface area contributed by atoms with Crippen molar-refractivity contribution in [3.8, 4) is 23.0 Å². The van der Waals surface area contributed by atoms with Crippen LogP contribution in [0.25, 0.3) is 11.5 Å². The Balaban J connectivity index is 1.34. The highest BCUT2D eigenvalue weighted by Gasteiger charge is 2.16. The van der Waals surface area contributed by atoms with Gasteiger partial charge in [0, 0.05) is 19.2 Å². The van der Waals surface area contributed by atoms with E-state index in [0.717, 1.165) is 33.8 Å². The molecule has 0 saturated carbocycles. The first-order valence-corrected chi connectivity index (χ1v) is 10.6. The van der Waals surface area contributed by atoms with Gasteiger partial charge < -0.3 is 18.8 Å². The zero-order valence-electron chi connectivity index (χ0n) is 17.2. The first-order chi connectivity index (χ1) is 14.5. The Morgan fingerprint density at radius 3 is 2.53 bits per heavy atom. The van der Waals surface area contributed by atoms with Gasteiger partial charge in [-0.05, 0) is 43.7 Å². The number of carbonyl (C=O) groups excluding carboxylic acids is 1. The van der Waals surface area contributed by atoms with Crippen molar-refractivity contribution in [2.75, 3.05) is 26.0 Å². The van der Waals surface area contributed by atoms with Gasteiger partial charge in [0.05, 0.1) is 5.75 Å². The Morgan fingerprint density at radius 2 is 1.77 bits per heavy atom. The third-order valence-electron chi connectivity index (χ3n) is 4.65. The lowest BCUT2D eigenvalue weighted by molar-refractivity contribution is -0.127. The van der Waals surface area contributed by atoms with Crippen LogP contribution in [-0.4, -0.2) is 47.0 Å². The van der Waals surface area contributed by atoms with Gasteiger partial charge >= 0.3 is 0 Å². The summed E-state index contributed by atoms with van der Waals surface area (Å²) in [5, 5.41) is 8.55. The predicted octanol–water partition coefficient (Wildman–Crippen LogP) is 3.88. The van der Waals surface area contributed by atoms with Gasteiger partial charge in [0.2, 0.25) is 11.8 Å². The van der Waals surface area contributed by atoms with E-state index in [4.69, 9.17) is 13.9 Å². The Labute approximate surface area is 179 Å². The van der Waals surface area contributed by atoms with Crippen LogP contribution < -0.4 is 9.47 Å². The van der Waals surface area contributed by atoms with Gasteiger partial charge in [0.15, 0.2) is 11.5 Å². The van der Waals surface area contributed by atoms with E-state index in [9.17, 15) is 4.79 Å². The highest BCUT2D eigenvalue weighted by molar-refractivity contribution is 7.99. The summed E-state index contributed by atoms with van der Waals surface area (Å²) >= 11 is 1.24.